The van der Waals surface area contributed by atoms with Gasteiger partial charge in [-0.3, -0.25) is 10.1 Å². The molecule has 1 rings (SSSR count). The normalized spacial score (nSPS) is 10.7. The lowest BCUT2D eigenvalue weighted by atomic mass is 10.2. The van der Waals surface area contributed by atoms with Crippen LogP contribution in [-0.4, -0.2) is 15.2 Å². The fourth-order valence-corrected chi connectivity index (χ4v) is 1.21. The molecule has 0 N–H and O–H groups in total. The Kier molecular flexibility index (Phi) is 3.76. The molecule has 0 saturated heterocycles. The van der Waals surface area contributed by atoms with E-state index in [4.69, 9.17) is 0 Å². The van der Waals surface area contributed by atoms with Crippen LogP contribution in [0.1, 0.15) is 11.4 Å². The van der Waals surface area contributed by atoms with Crippen LogP contribution in [-0.2, 0) is 0 Å². The van der Waals surface area contributed by atoms with Crippen molar-refractivity contribution in [1.29, 1.82) is 0 Å². The number of nitro groups is 1. The molecular weight excluding hydrogens is 248 g/mol. The Hall–Kier alpha value is -1.23. The summed E-state index contributed by atoms with van der Waals surface area (Å²) >= 11 is 3.24. The molecule has 0 aliphatic rings. The first kappa shape index (κ1) is 10.8. The monoisotopic (exact) mass is 256 g/mol. The van der Waals surface area contributed by atoms with E-state index in [0.717, 1.165) is 11.0 Å². The number of pyridine rings is 1. The molecule has 0 atom stereocenters. The van der Waals surface area contributed by atoms with Gasteiger partial charge in [-0.25, -0.2) is 4.98 Å². The highest BCUT2D eigenvalue weighted by Crippen LogP contribution is 2.15. The number of allylic oxidation sites excluding steroid dienone is 1. The minimum Gasteiger partial charge on any atom is -0.258 e. The minimum absolute atomic E-state index is 0.0565. The van der Waals surface area contributed by atoms with E-state index in [9.17, 15) is 10.1 Å². The molecule has 5 heteroatoms. The summed E-state index contributed by atoms with van der Waals surface area (Å²) in [5.74, 6) is 0. The maximum Gasteiger partial charge on any atom is 0.290 e. The van der Waals surface area contributed by atoms with Gasteiger partial charge in [0.2, 0.25) is 0 Å². The van der Waals surface area contributed by atoms with Crippen molar-refractivity contribution in [3.8, 4) is 0 Å². The van der Waals surface area contributed by atoms with E-state index in [1.54, 1.807) is 13.0 Å². The topological polar surface area (TPSA) is 56.0 Å². The molecule has 0 fully saturated rings. The molecule has 14 heavy (non-hydrogen) atoms. The molecule has 1 aromatic heterocycles. The van der Waals surface area contributed by atoms with Crippen LogP contribution in [0, 0.1) is 17.0 Å². The number of hydrogen-bond donors (Lipinski definition) is 0. The molecule has 1 heterocycles. The third-order valence-corrected chi connectivity index (χ3v) is 2.03. The van der Waals surface area contributed by atoms with E-state index in [1.165, 1.54) is 6.07 Å². The largest absolute Gasteiger partial charge is 0.290 e. The number of alkyl halides is 1. The Morgan fingerprint density at radius 1 is 1.64 bits per heavy atom. The van der Waals surface area contributed by atoms with E-state index in [-0.39, 0.29) is 5.69 Å². The maximum absolute atomic E-state index is 10.5. The van der Waals surface area contributed by atoms with E-state index in [0.29, 0.717) is 5.69 Å². The summed E-state index contributed by atoms with van der Waals surface area (Å²) in [4.78, 5) is 14.1. The van der Waals surface area contributed by atoms with Gasteiger partial charge in [0.05, 0.1) is 10.6 Å². The minimum atomic E-state index is -0.430. The van der Waals surface area contributed by atoms with E-state index < -0.39 is 4.92 Å². The second kappa shape index (κ2) is 4.85. The summed E-state index contributed by atoms with van der Waals surface area (Å²) in [6.45, 7) is 1.63. The molecule has 0 aliphatic carbocycles. The van der Waals surface area contributed by atoms with E-state index in [2.05, 4.69) is 20.9 Å². The number of aromatic nitrogens is 1. The molecule has 74 valence electrons. The Morgan fingerprint density at radius 3 is 2.86 bits per heavy atom. The maximum atomic E-state index is 10.5. The smallest absolute Gasteiger partial charge is 0.258 e. The quantitative estimate of drug-likeness (QED) is 0.475. The van der Waals surface area contributed by atoms with Gasteiger partial charge >= 0.3 is 0 Å². The molecule has 0 bridgehead atoms. The standard InChI is InChI=1S/C9H9BrN2O2/c1-7-9(12(13)14)5-4-8(11-7)3-2-6-10/h2-5H,6H2,1H3. The molecule has 4 nitrogen and oxygen atoms in total. The van der Waals surface area contributed by atoms with Gasteiger partial charge in [-0.05, 0) is 19.1 Å². The number of rotatable bonds is 3. The summed E-state index contributed by atoms with van der Waals surface area (Å²) in [6.07, 6.45) is 3.69. The lowest BCUT2D eigenvalue weighted by Crippen LogP contribution is -1.95. The van der Waals surface area contributed by atoms with Crippen molar-refractivity contribution < 1.29 is 4.92 Å². The van der Waals surface area contributed by atoms with Crippen molar-refractivity contribution in [2.45, 2.75) is 6.92 Å². The number of halogens is 1. The molecule has 0 radical (unpaired) electrons. The van der Waals surface area contributed by atoms with Gasteiger partial charge < -0.3 is 0 Å². The number of hydrogen-bond acceptors (Lipinski definition) is 3. The highest BCUT2D eigenvalue weighted by atomic mass is 79.9. The predicted molar refractivity (Wildman–Crippen MR) is 58.5 cm³/mol. The molecular formula is C9H9BrN2O2. The molecule has 0 unspecified atom stereocenters. The summed E-state index contributed by atoms with van der Waals surface area (Å²) in [5, 5.41) is 11.2. The van der Waals surface area contributed by atoms with E-state index >= 15 is 0 Å². The third kappa shape index (κ3) is 2.63. The average Bonchev–Trinajstić information content (AvgIpc) is 2.14. The zero-order chi connectivity index (χ0) is 10.6. The number of aryl methyl sites for hydroxylation is 1. The van der Waals surface area contributed by atoms with Crippen LogP contribution in [0.3, 0.4) is 0 Å². The molecule has 0 amide bonds. The van der Waals surface area contributed by atoms with Crippen LogP contribution >= 0.6 is 15.9 Å². The Morgan fingerprint density at radius 2 is 2.36 bits per heavy atom. The van der Waals surface area contributed by atoms with Gasteiger partial charge in [-0.1, -0.05) is 22.0 Å². The second-order valence-corrected chi connectivity index (χ2v) is 3.30. The van der Waals surface area contributed by atoms with Crippen LogP contribution in [0.2, 0.25) is 0 Å². The van der Waals surface area contributed by atoms with Crippen molar-refractivity contribution in [1.82, 2.24) is 4.98 Å². The highest BCUT2D eigenvalue weighted by Gasteiger charge is 2.10. The lowest BCUT2D eigenvalue weighted by Gasteiger charge is -1.97. The second-order valence-electron chi connectivity index (χ2n) is 2.65. The fraction of sp³-hybridized carbons (Fsp3) is 0.222. The average molecular weight is 257 g/mol. The first-order valence-electron chi connectivity index (χ1n) is 3.99. The molecule has 0 aliphatic heterocycles. The zero-order valence-electron chi connectivity index (χ0n) is 7.61. The van der Waals surface area contributed by atoms with Crippen molar-refractivity contribution in [3.05, 3.63) is 39.7 Å². The first-order chi connectivity index (χ1) is 6.65. The third-order valence-electron chi connectivity index (χ3n) is 1.65. The summed E-state index contributed by atoms with van der Waals surface area (Å²) in [7, 11) is 0. The van der Waals surface area contributed by atoms with Crippen LogP contribution in [0.5, 0.6) is 0 Å². The van der Waals surface area contributed by atoms with Gasteiger partial charge in [-0.15, -0.1) is 0 Å². The van der Waals surface area contributed by atoms with Gasteiger partial charge in [0.25, 0.3) is 5.69 Å². The molecule has 0 saturated carbocycles. The molecule has 0 spiro atoms. The van der Waals surface area contributed by atoms with Crippen LogP contribution in [0.15, 0.2) is 18.2 Å². The van der Waals surface area contributed by atoms with Crippen molar-refractivity contribution in [3.63, 3.8) is 0 Å². The van der Waals surface area contributed by atoms with Gasteiger partial charge in [0.1, 0.15) is 5.69 Å². The molecule has 1 aromatic rings. The van der Waals surface area contributed by atoms with Crippen LogP contribution in [0.25, 0.3) is 6.08 Å². The summed E-state index contributed by atoms with van der Waals surface area (Å²) < 4.78 is 0. The Balaban J connectivity index is 3.00. The van der Waals surface area contributed by atoms with Gasteiger partial charge in [-0.2, -0.15) is 0 Å². The van der Waals surface area contributed by atoms with Crippen LogP contribution < -0.4 is 0 Å². The predicted octanol–water partition coefficient (Wildman–Crippen LogP) is 2.71. The Labute approximate surface area is 89.9 Å². The van der Waals surface area contributed by atoms with E-state index in [1.807, 2.05) is 12.2 Å². The Bertz CT molecular complexity index is 377. The van der Waals surface area contributed by atoms with Crippen molar-refractivity contribution in [2.24, 2.45) is 0 Å². The van der Waals surface area contributed by atoms with Gasteiger partial charge in [0, 0.05) is 11.4 Å². The molecule has 0 aromatic carbocycles. The van der Waals surface area contributed by atoms with Crippen molar-refractivity contribution >= 4 is 27.7 Å². The highest BCUT2D eigenvalue weighted by molar-refractivity contribution is 9.09. The fourth-order valence-electron chi connectivity index (χ4n) is 1.02. The SMILES string of the molecule is Cc1nc(C=CCBr)ccc1[N+](=O)[O-]. The number of nitrogens with zero attached hydrogens (tertiary/aromatic N) is 2. The zero-order valence-corrected chi connectivity index (χ0v) is 9.19. The summed E-state index contributed by atoms with van der Waals surface area (Å²) in [5.41, 5.74) is 1.22. The lowest BCUT2D eigenvalue weighted by molar-refractivity contribution is -0.385. The van der Waals surface area contributed by atoms with Crippen molar-refractivity contribution in [2.75, 3.05) is 5.33 Å². The van der Waals surface area contributed by atoms with Crippen LogP contribution in [0.4, 0.5) is 5.69 Å². The first-order valence-corrected chi connectivity index (χ1v) is 5.12. The van der Waals surface area contributed by atoms with Gasteiger partial charge in [0.15, 0.2) is 0 Å². The summed E-state index contributed by atoms with van der Waals surface area (Å²) in [6, 6.07) is 3.10.